The molecule has 0 spiro atoms. The predicted octanol–water partition coefficient (Wildman–Crippen LogP) is 1.77. The number of rotatable bonds is 3. The van der Waals surface area contributed by atoms with E-state index in [-0.39, 0.29) is 0 Å². The standard InChI is InChI=1S/C12H12N4/c1-9-15-11(12(7-13)16-9)5-4-10-3-2-6-14-8-10/h2-3,6,8H,4-5H2,1H3,(H,15,16). The maximum atomic E-state index is 8.88. The summed E-state index contributed by atoms with van der Waals surface area (Å²) in [6.45, 7) is 1.86. The van der Waals surface area contributed by atoms with Gasteiger partial charge in [0.1, 0.15) is 11.9 Å². The molecule has 0 saturated carbocycles. The Hall–Kier alpha value is -2.15. The van der Waals surface area contributed by atoms with E-state index < -0.39 is 0 Å². The summed E-state index contributed by atoms with van der Waals surface area (Å²) in [6, 6.07) is 6.04. The largest absolute Gasteiger partial charge is 0.345 e. The maximum absolute atomic E-state index is 8.88. The van der Waals surface area contributed by atoms with Gasteiger partial charge in [-0.3, -0.25) is 4.98 Å². The molecule has 0 amide bonds. The topological polar surface area (TPSA) is 65.4 Å². The normalized spacial score (nSPS) is 10.0. The summed E-state index contributed by atoms with van der Waals surface area (Å²) in [5.41, 5.74) is 2.57. The van der Waals surface area contributed by atoms with E-state index in [1.807, 2.05) is 25.3 Å². The van der Waals surface area contributed by atoms with Crippen molar-refractivity contribution in [3.63, 3.8) is 0 Å². The van der Waals surface area contributed by atoms with Gasteiger partial charge < -0.3 is 4.98 Å². The summed E-state index contributed by atoms with van der Waals surface area (Å²) < 4.78 is 0. The van der Waals surface area contributed by atoms with Crippen molar-refractivity contribution in [3.05, 3.63) is 47.3 Å². The third-order valence-corrected chi connectivity index (χ3v) is 2.39. The first-order valence-corrected chi connectivity index (χ1v) is 5.14. The monoisotopic (exact) mass is 212 g/mol. The Labute approximate surface area is 94.0 Å². The Bertz CT molecular complexity index is 508. The molecule has 1 N–H and O–H groups in total. The van der Waals surface area contributed by atoms with Crippen LogP contribution in [0.15, 0.2) is 24.5 Å². The van der Waals surface area contributed by atoms with Crippen molar-refractivity contribution in [2.45, 2.75) is 19.8 Å². The van der Waals surface area contributed by atoms with Crippen molar-refractivity contribution < 1.29 is 0 Å². The van der Waals surface area contributed by atoms with Gasteiger partial charge in [0.2, 0.25) is 0 Å². The lowest BCUT2D eigenvalue weighted by Gasteiger charge is -1.98. The summed E-state index contributed by atoms with van der Waals surface area (Å²) in [6.07, 6.45) is 5.25. The van der Waals surface area contributed by atoms with Crippen LogP contribution < -0.4 is 0 Å². The van der Waals surface area contributed by atoms with Crippen molar-refractivity contribution >= 4 is 0 Å². The zero-order valence-electron chi connectivity index (χ0n) is 9.07. The molecule has 0 unspecified atom stereocenters. The van der Waals surface area contributed by atoms with Crippen molar-refractivity contribution in [2.75, 3.05) is 0 Å². The second-order valence-electron chi connectivity index (χ2n) is 3.62. The van der Waals surface area contributed by atoms with Crippen LogP contribution in [0.4, 0.5) is 0 Å². The fraction of sp³-hybridized carbons (Fsp3) is 0.250. The number of aromatic nitrogens is 3. The molecule has 2 heterocycles. The lowest BCUT2D eigenvalue weighted by molar-refractivity contribution is 0.909. The Morgan fingerprint density at radius 1 is 1.44 bits per heavy atom. The van der Waals surface area contributed by atoms with Gasteiger partial charge in [-0.25, -0.2) is 4.98 Å². The molecule has 0 fully saturated rings. The first-order valence-electron chi connectivity index (χ1n) is 5.14. The van der Waals surface area contributed by atoms with Crippen LogP contribution in [0.25, 0.3) is 0 Å². The average molecular weight is 212 g/mol. The molecular weight excluding hydrogens is 200 g/mol. The predicted molar refractivity (Wildman–Crippen MR) is 59.7 cm³/mol. The number of aromatic amines is 1. The molecule has 0 atom stereocenters. The van der Waals surface area contributed by atoms with E-state index in [1.54, 1.807) is 6.20 Å². The van der Waals surface area contributed by atoms with Gasteiger partial charge in [-0.05, 0) is 31.4 Å². The van der Waals surface area contributed by atoms with Gasteiger partial charge >= 0.3 is 0 Å². The highest BCUT2D eigenvalue weighted by Crippen LogP contribution is 2.08. The molecule has 2 rings (SSSR count). The minimum atomic E-state index is 0.501. The Kier molecular flexibility index (Phi) is 2.97. The molecule has 0 aliphatic heterocycles. The van der Waals surface area contributed by atoms with E-state index in [9.17, 15) is 0 Å². The second kappa shape index (κ2) is 4.58. The molecule has 80 valence electrons. The van der Waals surface area contributed by atoms with Crippen LogP contribution in [0.1, 0.15) is 22.8 Å². The number of H-pyrrole nitrogens is 1. The zero-order chi connectivity index (χ0) is 11.4. The Balaban J connectivity index is 2.08. The van der Waals surface area contributed by atoms with Crippen LogP contribution in [0.2, 0.25) is 0 Å². The molecule has 0 aliphatic rings. The van der Waals surface area contributed by atoms with Crippen molar-refractivity contribution in [3.8, 4) is 6.07 Å². The van der Waals surface area contributed by atoms with Gasteiger partial charge in [0.25, 0.3) is 0 Å². The highest BCUT2D eigenvalue weighted by atomic mass is 14.9. The SMILES string of the molecule is Cc1nc(C#N)c(CCc2cccnc2)[nH]1. The summed E-state index contributed by atoms with van der Waals surface area (Å²) in [7, 11) is 0. The number of nitrogens with one attached hydrogen (secondary N) is 1. The fourth-order valence-corrected chi connectivity index (χ4v) is 1.63. The molecule has 0 aromatic carbocycles. The molecule has 2 aromatic rings. The number of hydrogen-bond donors (Lipinski definition) is 1. The zero-order valence-corrected chi connectivity index (χ0v) is 9.07. The van der Waals surface area contributed by atoms with Crippen LogP contribution in [0.3, 0.4) is 0 Å². The van der Waals surface area contributed by atoms with Gasteiger partial charge in [0, 0.05) is 12.4 Å². The smallest absolute Gasteiger partial charge is 0.161 e. The number of aryl methyl sites for hydroxylation is 3. The van der Waals surface area contributed by atoms with Crippen molar-refractivity contribution in [1.82, 2.24) is 15.0 Å². The van der Waals surface area contributed by atoms with E-state index >= 15 is 0 Å². The van der Waals surface area contributed by atoms with Gasteiger partial charge in [0.15, 0.2) is 5.69 Å². The molecule has 2 aromatic heterocycles. The quantitative estimate of drug-likeness (QED) is 0.843. The lowest BCUT2D eigenvalue weighted by Crippen LogP contribution is -1.94. The van der Waals surface area contributed by atoms with E-state index in [0.29, 0.717) is 5.69 Å². The molecule has 0 radical (unpaired) electrons. The molecule has 0 saturated heterocycles. The van der Waals surface area contributed by atoms with E-state index in [1.165, 1.54) is 5.56 Å². The minimum absolute atomic E-state index is 0.501. The van der Waals surface area contributed by atoms with Crippen molar-refractivity contribution in [2.24, 2.45) is 0 Å². The van der Waals surface area contributed by atoms with E-state index in [2.05, 4.69) is 21.0 Å². The van der Waals surface area contributed by atoms with Gasteiger partial charge in [-0.15, -0.1) is 0 Å². The molecular formula is C12H12N4. The maximum Gasteiger partial charge on any atom is 0.161 e. The number of nitriles is 1. The fourth-order valence-electron chi connectivity index (χ4n) is 1.63. The van der Waals surface area contributed by atoms with Crippen LogP contribution in [0.5, 0.6) is 0 Å². The Morgan fingerprint density at radius 2 is 2.31 bits per heavy atom. The number of hydrogen-bond acceptors (Lipinski definition) is 3. The molecule has 4 nitrogen and oxygen atoms in total. The van der Waals surface area contributed by atoms with Crippen LogP contribution in [-0.2, 0) is 12.8 Å². The number of pyridine rings is 1. The molecule has 16 heavy (non-hydrogen) atoms. The van der Waals surface area contributed by atoms with Crippen LogP contribution in [-0.4, -0.2) is 15.0 Å². The van der Waals surface area contributed by atoms with Gasteiger partial charge in [0.05, 0.1) is 5.69 Å². The highest BCUT2D eigenvalue weighted by Gasteiger charge is 2.07. The first kappa shape index (κ1) is 10.4. The summed E-state index contributed by atoms with van der Waals surface area (Å²) in [5, 5.41) is 8.88. The Morgan fingerprint density at radius 3 is 3.00 bits per heavy atom. The first-order chi connectivity index (χ1) is 7.79. The number of nitrogens with zero attached hydrogens (tertiary/aromatic N) is 3. The van der Waals surface area contributed by atoms with E-state index in [4.69, 9.17) is 5.26 Å². The highest BCUT2D eigenvalue weighted by molar-refractivity contribution is 5.28. The van der Waals surface area contributed by atoms with E-state index in [0.717, 1.165) is 24.4 Å². The van der Waals surface area contributed by atoms with Crippen molar-refractivity contribution in [1.29, 1.82) is 5.26 Å². The lowest BCUT2D eigenvalue weighted by atomic mass is 10.1. The third kappa shape index (κ3) is 2.26. The third-order valence-electron chi connectivity index (χ3n) is 2.39. The number of imidazole rings is 1. The molecule has 0 aliphatic carbocycles. The molecule has 4 heteroatoms. The molecule has 0 bridgehead atoms. The summed E-state index contributed by atoms with van der Waals surface area (Å²) >= 11 is 0. The second-order valence-corrected chi connectivity index (χ2v) is 3.62. The van der Waals surface area contributed by atoms with Crippen LogP contribution >= 0.6 is 0 Å². The average Bonchev–Trinajstić information content (AvgIpc) is 2.68. The minimum Gasteiger partial charge on any atom is -0.345 e. The van der Waals surface area contributed by atoms with Gasteiger partial charge in [-0.1, -0.05) is 6.07 Å². The summed E-state index contributed by atoms with van der Waals surface area (Å²) in [5.74, 6) is 0.790. The summed E-state index contributed by atoms with van der Waals surface area (Å²) in [4.78, 5) is 11.3. The van der Waals surface area contributed by atoms with Gasteiger partial charge in [-0.2, -0.15) is 5.26 Å². The van der Waals surface area contributed by atoms with Crippen LogP contribution in [0, 0.1) is 18.3 Å².